The molecule has 32 heavy (non-hydrogen) atoms. The van der Waals surface area contributed by atoms with Gasteiger partial charge in [0.25, 0.3) is 11.5 Å². The van der Waals surface area contributed by atoms with Gasteiger partial charge in [0, 0.05) is 12.7 Å². The summed E-state index contributed by atoms with van der Waals surface area (Å²) < 4.78 is 7.11. The number of fused-ring (bicyclic) bond motifs is 1. The van der Waals surface area contributed by atoms with Crippen molar-refractivity contribution in [2.45, 2.75) is 19.9 Å². The summed E-state index contributed by atoms with van der Waals surface area (Å²) >= 11 is 6.65. The third-order valence-electron chi connectivity index (χ3n) is 4.96. The van der Waals surface area contributed by atoms with Crippen LogP contribution in [0.2, 0.25) is 0 Å². The Balaban J connectivity index is 1.68. The number of thioether (sulfide) groups is 1. The molecule has 1 saturated heterocycles. The fraction of sp³-hybridized carbons (Fsp3) is 0.217. The number of anilines is 1. The monoisotopic (exact) mass is 466 g/mol. The predicted octanol–water partition coefficient (Wildman–Crippen LogP) is 3.93. The lowest BCUT2D eigenvalue weighted by atomic mass is 10.2. The maximum absolute atomic E-state index is 13.2. The van der Waals surface area contributed by atoms with Gasteiger partial charge in [0.1, 0.15) is 21.5 Å². The van der Waals surface area contributed by atoms with Crippen molar-refractivity contribution in [1.82, 2.24) is 14.3 Å². The predicted molar refractivity (Wildman–Crippen MR) is 132 cm³/mol. The molecule has 7 nitrogen and oxygen atoms in total. The summed E-state index contributed by atoms with van der Waals surface area (Å²) in [6, 6.07) is 12.9. The molecule has 9 heteroatoms. The molecule has 1 aliphatic rings. The molecule has 1 aliphatic heterocycles. The zero-order chi connectivity index (χ0) is 22.7. The van der Waals surface area contributed by atoms with E-state index in [1.807, 2.05) is 37.3 Å². The number of methoxy groups -OCH3 is 1. The molecule has 2 aromatic heterocycles. The highest BCUT2D eigenvalue weighted by atomic mass is 32.2. The van der Waals surface area contributed by atoms with Crippen LogP contribution < -0.4 is 15.6 Å². The number of nitrogens with one attached hydrogen (secondary N) is 1. The number of ether oxygens (including phenoxy) is 1. The minimum Gasteiger partial charge on any atom is -0.497 e. The van der Waals surface area contributed by atoms with E-state index >= 15 is 0 Å². The fourth-order valence-electron chi connectivity index (χ4n) is 3.29. The standard InChI is InChI=1S/C23H22N4O3S2/c1-3-11-24-20-17(21(28)26-12-5-4-6-19(26)25-20)13-18-22(29)27(23(31)32-18)14-15-7-9-16(30-2)10-8-15/h4-10,12-13,24H,3,11,14H2,1-2H3. The van der Waals surface area contributed by atoms with E-state index in [1.165, 1.54) is 16.2 Å². The molecule has 0 saturated carbocycles. The van der Waals surface area contributed by atoms with Crippen molar-refractivity contribution in [3.8, 4) is 5.75 Å². The van der Waals surface area contributed by atoms with Crippen LogP contribution in [0, 0.1) is 0 Å². The lowest BCUT2D eigenvalue weighted by Crippen LogP contribution is -2.27. The molecule has 0 spiro atoms. The Bertz CT molecular complexity index is 1270. The lowest BCUT2D eigenvalue weighted by Gasteiger charge is -2.14. The summed E-state index contributed by atoms with van der Waals surface area (Å²) in [5.74, 6) is 0.980. The Hall–Kier alpha value is -3.17. The van der Waals surface area contributed by atoms with Gasteiger partial charge in [0.15, 0.2) is 0 Å². The third kappa shape index (κ3) is 4.39. The number of carbonyl (C=O) groups excluding carboxylic acids is 1. The molecular weight excluding hydrogens is 444 g/mol. The number of amides is 1. The van der Waals surface area contributed by atoms with Gasteiger partial charge in [-0.3, -0.25) is 18.9 Å². The van der Waals surface area contributed by atoms with E-state index in [2.05, 4.69) is 10.3 Å². The average Bonchev–Trinajstić information content (AvgIpc) is 3.07. The van der Waals surface area contributed by atoms with Gasteiger partial charge in [-0.25, -0.2) is 4.98 Å². The molecule has 0 atom stereocenters. The van der Waals surface area contributed by atoms with Crippen LogP contribution in [-0.4, -0.2) is 38.2 Å². The highest BCUT2D eigenvalue weighted by molar-refractivity contribution is 8.26. The molecule has 0 aliphatic carbocycles. The number of pyridine rings is 1. The van der Waals surface area contributed by atoms with Gasteiger partial charge in [-0.2, -0.15) is 0 Å². The van der Waals surface area contributed by atoms with Gasteiger partial charge in [-0.1, -0.05) is 49.1 Å². The summed E-state index contributed by atoms with van der Waals surface area (Å²) in [5.41, 5.74) is 1.57. The second-order valence-corrected chi connectivity index (χ2v) is 8.83. The van der Waals surface area contributed by atoms with Crippen LogP contribution in [-0.2, 0) is 11.3 Å². The first kappa shape index (κ1) is 22.0. The Morgan fingerprint density at radius 2 is 1.97 bits per heavy atom. The molecular formula is C23H22N4O3S2. The summed E-state index contributed by atoms with van der Waals surface area (Å²) in [5, 5.41) is 3.21. The number of hydrogen-bond acceptors (Lipinski definition) is 7. The molecule has 0 unspecified atom stereocenters. The van der Waals surface area contributed by atoms with Crippen molar-refractivity contribution in [1.29, 1.82) is 0 Å². The molecule has 1 N–H and O–H groups in total. The summed E-state index contributed by atoms with van der Waals surface area (Å²) in [6.45, 7) is 3.04. The molecule has 1 aromatic carbocycles. The summed E-state index contributed by atoms with van der Waals surface area (Å²) in [6.07, 6.45) is 4.14. The molecule has 3 aromatic rings. The van der Waals surface area contributed by atoms with Crippen LogP contribution in [0.25, 0.3) is 11.7 Å². The highest BCUT2D eigenvalue weighted by Gasteiger charge is 2.32. The molecule has 3 heterocycles. The van der Waals surface area contributed by atoms with Gasteiger partial charge in [-0.05, 0) is 42.3 Å². The van der Waals surface area contributed by atoms with E-state index in [1.54, 1.807) is 36.4 Å². The molecule has 0 radical (unpaired) electrons. The van der Waals surface area contributed by atoms with Crippen LogP contribution in [0.3, 0.4) is 0 Å². The van der Waals surface area contributed by atoms with Gasteiger partial charge in [-0.15, -0.1) is 0 Å². The first-order chi connectivity index (χ1) is 15.5. The molecule has 4 rings (SSSR count). The van der Waals surface area contributed by atoms with Crippen molar-refractivity contribution < 1.29 is 9.53 Å². The molecule has 0 bridgehead atoms. The molecule has 1 amide bonds. The number of thiocarbonyl (C=S) groups is 1. The maximum Gasteiger partial charge on any atom is 0.267 e. The average molecular weight is 467 g/mol. The smallest absolute Gasteiger partial charge is 0.267 e. The van der Waals surface area contributed by atoms with Crippen molar-refractivity contribution in [3.63, 3.8) is 0 Å². The highest BCUT2D eigenvalue weighted by Crippen LogP contribution is 2.34. The topological polar surface area (TPSA) is 75.9 Å². The number of rotatable bonds is 7. The fourth-order valence-corrected chi connectivity index (χ4v) is 4.53. The minimum absolute atomic E-state index is 0.227. The number of carbonyl (C=O) groups is 1. The van der Waals surface area contributed by atoms with E-state index in [0.717, 1.165) is 17.7 Å². The zero-order valence-corrected chi connectivity index (χ0v) is 19.3. The van der Waals surface area contributed by atoms with Crippen LogP contribution in [0.1, 0.15) is 24.5 Å². The largest absolute Gasteiger partial charge is 0.497 e. The van der Waals surface area contributed by atoms with Gasteiger partial charge in [0.05, 0.1) is 24.1 Å². The van der Waals surface area contributed by atoms with Crippen molar-refractivity contribution in [2.24, 2.45) is 0 Å². The third-order valence-corrected chi connectivity index (χ3v) is 6.34. The van der Waals surface area contributed by atoms with Crippen molar-refractivity contribution >= 4 is 51.7 Å². The van der Waals surface area contributed by atoms with Gasteiger partial charge < -0.3 is 10.1 Å². The quantitative estimate of drug-likeness (QED) is 0.418. The Morgan fingerprint density at radius 1 is 1.19 bits per heavy atom. The van der Waals surface area contributed by atoms with E-state index < -0.39 is 0 Å². The Labute approximate surface area is 195 Å². The number of benzene rings is 1. The van der Waals surface area contributed by atoms with Crippen molar-refractivity contribution in [3.05, 3.63) is 75.0 Å². The Morgan fingerprint density at radius 3 is 2.69 bits per heavy atom. The first-order valence-corrected chi connectivity index (χ1v) is 11.4. The van der Waals surface area contributed by atoms with Crippen molar-refractivity contribution in [2.75, 3.05) is 19.0 Å². The van der Waals surface area contributed by atoms with E-state index in [-0.39, 0.29) is 11.5 Å². The second-order valence-electron chi connectivity index (χ2n) is 7.15. The normalized spacial score (nSPS) is 15.1. The van der Waals surface area contributed by atoms with Crippen LogP contribution in [0.4, 0.5) is 5.82 Å². The first-order valence-electron chi connectivity index (χ1n) is 10.2. The number of aromatic nitrogens is 2. The number of nitrogens with zero attached hydrogens (tertiary/aromatic N) is 3. The minimum atomic E-state index is -0.241. The van der Waals surface area contributed by atoms with E-state index in [0.29, 0.717) is 39.3 Å². The molecule has 1 fully saturated rings. The SMILES string of the molecule is CCCNc1nc2ccccn2c(=O)c1C=C1SC(=S)N(Cc2ccc(OC)cc2)C1=O. The summed E-state index contributed by atoms with van der Waals surface area (Å²) in [7, 11) is 1.61. The zero-order valence-electron chi connectivity index (χ0n) is 17.7. The Kier molecular flexibility index (Phi) is 6.57. The van der Waals surface area contributed by atoms with Crippen LogP contribution >= 0.6 is 24.0 Å². The van der Waals surface area contributed by atoms with E-state index in [4.69, 9.17) is 17.0 Å². The summed E-state index contributed by atoms with van der Waals surface area (Å²) in [4.78, 5) is 32.8. The van der Waals surface area contributed by atoms with Crippen LogP contribution in [0.5, 0.6) is 5.75 Å². The maximum atomic E-state index is 13.2. The second kappa shape index (κ2) is 9.54. The van der Waals surface area contributed by atoms with Gasteiger partial charge in [0.2, 0.25) is 0 Å². The molecule has 164 valence electrons. The lowest BCUT2D eigenvalue weighted by molar-refractivity contribution is -0.122. The van der Waals surface area contributed by atoms with E-state index in [9.17, 15) is 9.59 Å². The van der Waals surface area contributed by atoms with Gasteiger partial charge >= 0.3 is 0 Å². The number of hydrogen-bond donors (Lipinski definition) is 1. The van der Waals surface area contributed by atoms with Crippen LogP contribution in [0.15, 0.2) is 58.4 Å².